The van der Waals surface area contributed by atoms with Gasteiger partial charge in [-0.1, -0.05) is 31.5 Å². The first-order valence-corrected chi connectivity index (χ1v) is 12.1. The van der Waals surface area contributed by atoms with E-state index in [1.165, 1.54) is 23.1 Å². The van der Waals surface area contributed by atoms with E-state index in [2.05, 4.69) is 30.4 Å². The summed E-state index contributed by atoms with van der Waals surface area (Å²) in [6, 6.07) is 14.5. The Kier molecular flexibility index (Phi) is 7.82. The van der Waals surface area contributed by atoms with Crippen molar-refractivity contribution in [3.05, 3.63) is 64.7 Å². The van der Waals surface area contributed by atoms with Crippen LogP contribution in [0.5, 0.6) is 5.75 Å². The molecule has 0 radical (unpaired) electrons. The number of nitrogens with one attached hydrogen (secondary N) is 1. The van der Waals surface area contributed by atoms with Gasteiger partial charge in [0.05, 0.1) is 12.7 Å². The Morgan fingerprint density at radius 3 is 2.72 bits per heavy atom. The van der Waals surface area contributed by atoms with Crippen molar-refractivity contribution in [3.8, 4) is 5.75 Å². The summed E-state index contributed by atoms with van der Waals surface area (Å²) in [5, 5.41) is 3.53. The standard InChI is InChI=1S/C27H36N2O3/c1-3-4-13-31-25-11-9-21(10-12-25)27(30)29(2)24-16-22-8-7-20(15-23(22)17-24)18-28-19-26-6-5-14-32-26/h7-12,15,24,26,28H,3-6,13-14,16-19H2,1-2H3/t24-,26+/m1/s1. The Morgan fingerprint density at radius 1 is 1.16 bits per heavy atom. The van der Waals surface area contributed by atoms with Crippen molar-refractivity contribution in [3.63, 3.8) is 0 Å². The minimum absolute atomic E-state index is 0.0707. The molecule has 1 aliphatic carbocycles. The number of amides is 1. The van der Waals surface area contributed by atoms with E-state index < -0.39 is 0 Å². The summed E-state index contributed by atoms with van der Waals surface area (Å²) >= 11 is 0. The molecule has 1 saturated heterocycles. The van der Waals surface area contributed by atoms with Crippen LogP contribution in [0.4, 0.5) is 0 Å². The van der Waals surface area contributed by atoms with Gasteiger partial charge in [0.15, 0.2) is 0 Å². The van der Waals surface area contributed by atoms with Crippen LogP contribution in [0.3, 0.4) is 0 Å². The van der Waals surface area contributed by atoms with Gasteiger partial charge in [0.25, 0.3) is 5.91 Å². The molecule has 2 aromatic carbocycles. The fourth-order valence-corrected chi connectivity index (χ4v) is 4.61. The molecule has 1 aliphatic heterocycles. The number of hydrogen-bond donors (Lipinski definition) is 1. The average molecular weight is 437 g/mol. The van der Waals surface area contributed by atoms with Crippen molar-refractivity contribution in [2.75, 3.05) is 26.8 Å². The molecule has 5 heteroatoms. The van der Waals surface area contributed by atoms with Crippen LogP contribution in [0.15, 0.2) is 42.5 Å². The molecule has 4 rings (SSSR count). The molecule has 2 aromatic rings. The van der Waals surface area contributed by atoms with Crippen LogP contribution < -0.4 is 10.1 Å². The van der Waals surface area contributed by atoms with Gasteiger partial charge < -0.3 is 19.7 Å². The van der Waals surface area contributed by atoms with Gasteiger partial charge in [0, 0.05) is 38.3 Å². The largest absolute Gasteiger partial charge is 0.494 e. The highest BCUT2D eigenvalue weighted by atomic mass is 16.5. The van der Waals surface area contributed by atoms with Crippen LogP contribution in [0.2, 0.25) is 0 Å². The number of fused-ring (bicyclic) bond motifs is 1. The lowest BCUT2D eigenvalue weighted by molar-refractivity contribution is 0.0737. The molecule has 0 aromatic heterocycles. The summed E-state index contributed by atoms with van der Waals surface area (Å²) in [6.45, 7) is 5.54. The maximum Gasteiger partial charge on any atom is 0.253 e. The number of benzene rings is 2. The molecule has 5 nitrogen and oxygen atoms in total. The van der Waals surface area contributed by atoms with Crippen LogP contribution in [-0.4, -0.2) is 49.8 Å². The van der Waals surface area contributed by atoms with E-state index in [9.17, 15) is 4.79 Å². The molecule has 2 atom stereocenters. The number of ether oxygens (including phenoxy) is 2. The fraction of sp³-hybridized carbons (Fsp3) is 0.519. The highest BCUT2D eigenvalue weighted by Gasteiger charge is 2.28. The lowest BCUT2D eigenvalue weighted by Gasteiger charge is -2.24. The molecule has 0 unspecified atom stereocenters. The zero-order valence-corrected chi connectivity index (χ0v) is 19.4. The van der Waals surface area contributed by atoms with E-state index in [-0.39, 0.29) is 11.9 Å². The molecule has 1 heterocycles. The normalized spacial score (nSPS) is 19.7. The van der Waals surface area contributed by atoms with Gasteiger partial charge in [0.1, 0.15) is 5.75 Å². The van der Waals surface area contributed by atoms with Crippen molar-refractivity contribution < 1.29 is 14.3 Å². The minimum atomic E-state index is 0.0707. The quantitative estimate of drug-likeness (QED) is 0.562. The summed E-state index contributed by atoms with van der Waals surface area (Å²) in [5.41, 5.74) is 4.74. The SMILES string of the molecule is CCCCOc1ccc(C(=O)N(C)[C@@H]2Cc3ccc(CNC[C@@H]4CCCO4)cc3C2)cc1. The molecule has 0 saturated carbocycles. The summed E-state index contributed by atoms with van der Waals surface area (Å²) < 4.78 is 11.4. The van der Waals surface area contributed by atoms with E-state index in [4.69, 9.17) is 9.47 Å². The number of hydrogen-bond acceptors (Lipinski definition) is 4. The van der Waals surface area contributed by atoms with Gasteiger partial charge in [-0.3, -0.25) is 4.79 Å². The van der Waals surface area contributed by atoms with Crippen molar-refractivity contribution in [1.82, 2.24) is 10.2 Å². The Bertz CT molecular complexity index is 890. The zero-order chi connectivity index (χ0) is 22.3. The Morgan fingerprint density at radius 2 is 1.97 bits per heavy atom. The van der Waals surface area contributed by atoms with E-state index >= 15 is 0 Å². The number of unbranched alkanes of at least 4 members (excludes halogenated alkanes) is 1. The molecule has 0 spiro atoms. The third-order valence-electron chi connectivity index (χ3n) is 6.64. The number of nitrogens with zero attached hydrogens (tertiary/aromatic N) is 1. The van der Waals surface area contributed by atoms with Crippen LogP contribution in [0, 0.1) is 0 Å². The number of carbonyl (C=O) groups excluding carboxylic acids is 1. The second-order valence-electron chi connectivity index (χ2n) is 9.07. The van der Waals surface area contributed by atoms with Gasteiger partial charge in [-0.2, -0.15) is 0 Å². The van der Waals surface area contributed by atoms with Crippen LogP contribution in [0.1, 0.15) is 59.7 Å². The van der Waals surface area contributed by atoms with Gasteiger partial charge in [-0.05, 0) is 73.1 Å². The third-order valence-corrected chi connectivity index (χ3v) is 6.64. The second-order valence-corrected chi connectivity index (χ2v) is 9.07. The monoisotopic (exact) mass is 436 g/mol. The Labute approximate surface area is 192 Å². The van der Waals surface area contributed by atoms with E-state index in [1.807, 2.05) is 36.2 Å². The maximum atomic E-state index is 13.1. The molecule has 2 aliphatic rings. The summed E-state index contributed by atoms with van der Waals surface area (Å²) in [4.78, 5) is 15.0. The molecule has 172 valence electrons. The zero-order valence-electron chi connectivity index (χ0n) is 19.4. The minimum Gasteiger partial charge on any atom is -0.494 e. The molecule has 32 heavy (non-hydrogen) atoms. The lowest BCUT2D eigenvalue weighted by Crippen LogP contribution is -2.37. The highest BCUT2D eigenvalue weighted by molar-refractivity contribution is 5.94. The predicted octanol–water partition coefficient (Wildman–Crippen LogP) is 4.37. The Hall–Kier alpha value is -2.37. The van der Waals surface area contributed by atoms with Gasteiger partial charge >= 0.3 is 0 Å². The van der Waals surface area contributed by atoms with E-state index in [0.717, 1.165) is 64.2 Å². The average Bonchev–Trinajstić information content (AvgIpc) is 3.48. The second kappa shape index (κ2) is 11.0. The van der Waals surface area contributed by atoms with E-state index in [1.54, 1.807) is 0 Å². The third kappa shape index (κ3) is 5.70. The first-order valence-electron chi connectivity index (χ1n) is 12.1. The smallest absolute Gasteiger partial charge is 0.253 e. The molecular formula is C27H36N2O3. The molecular weight excluding hydrogens is 400 g/mol. The summed E-state index contributed by atoms with van der Waals surface area (Å²) in [6.07, 6.45) is 6.68. The van der Waals surface area contributed by atoms with Gasteiger partial charge in [-0.25, -0.2) is 0 Å². The maximum absolute atomic E-state index is 13.1. The van der Waals surface area contributed by atoms with Crippen molar-refractivity contribution in [1.29, 1.82) is 0 Å². The predicted molar refractivity (Wildman–Crippen MR) is 127 cm³/mol. The summed E-state index contributed by atoms with van der Waals surface area (Å²) in [5.74, 6) is 0.896. The first kappa shape index (κ1) is 22.8. The van der Waals surface area contributed by atoms with Crippen molar-refractivity contribution in [2.24, 2.45) is 0 Å². The van der Waals surface area contributed by atoms with Crippen LogP contribution >= 0.6 is 0 Å². The van der Waals surface area contributed by atoms with Crippen LogP contribution in [0.25, 0.3) is 0 Å². The number of likely N-dealkylation sites (N-methyl/N-ethyl adjacent to an activating group) is 1. The number of carbonyl (C=O) groups is 1. The Balaban J connectivity index is 1.30. The fourth-order valence-electron chi connectivity index (χ4n) is 4.61. The molecule has 1 fully saturated rings. The van der Waals surface area contributed by atoms with Crippen LogP contribution in [-0.2, 0) is 24.1 Å². The highest BCUT2D eigenvalue weighted by Crippen LogP contribution is 2.27. The summed E-state index contributed by atoms with van der Waals surface area (Å²) in [7, 11) is 1.93. The van der Waals surface area contributed by atoms with E-state index in [0.29, 0.717) is 11.7 Å². The van der Waals surface area contributed by atoms with Crippen molar-refractivity contribution in [2.45, 2.75) is 64.1 Å². The molecule has 1 amide bonds. The van der Waals surface area contributed by atoms with Gasteiger partial charge in [-0.15, -0.1) is 0 Å². The van der Waals surface area contributed by atoms with Crippen molar-refractivity contribution >= 4 is 5.91 Å². The lowest BCUT2D eigenvalue weighted by atomic mass is 10.1. The first-order chi connectivity index (χ1) is 15.6. The number of rotatable bonds is 10. The topological polar surface area (TPSA) is 50.8 Å². The van der Waals surface area contributed by atoms with Gasteiger partial charge in [0.2, 0.25) is 0 Å². The molecule has 0 bridgehead atoms. The molecule has 1 N–H and O–H groups in total.